The van der Waals surface area contributed by atoms with E-state index in [4.69, 9.17) is 16.3 Å². The molecule has 1 aliphatic heterocycles. The van der Waals surface area contributed by atoms with Gasteiger partial charge in [-0.3, -0.25) is 9.10 Å². The monoisotopic (exact) mass is 483 g/mol. The molecule has 4 aromatic rings. The van der Waals surface area contributed by atoms with Crippen molar-refractivity contribution < 1.29 is 17.9 Å². The Morgan fingerprint density at radius 2 is 1.56 bits per heavy atom. The van der Waals surface area contributed by atoms with Gasteiger partial charge in [0.2, 0.25) is 0 Å². The molecule has 5 rings (SSSR count). The predicted octanol–water partition coefficient (Wildman–Crippen LogP) is 5.49. The predicted molar refractivity (Wildman–Crippen MR) is 129 cm³/mol. The molecular weight excluding hydrogens is 466 g/mol. The van der Waals surface area contributed by atoms with Crippen LogP contribution in [0.2, 0.25) is 5.02 Å². The molecule has 0 unspecified atom stereocenters. The first kappa shape index (κ1) is 21.1. The smallest absolute Gasteiger partial charge is 0.316 e. The maximum atomic E-state index is 13.0. The molecule has 0 saturated heterocycles. The molecule has 0 bridgehead atoms. The van der Waals surface area contributed by atoms with Crippen molar-refractivity contribution in [3.8, 4) is 0 Å². The Labute approximate surface area is 195 Å². The van der Waals surface area contributed by atoms with Gasteiger partial charge < -0.3 is 4.74 Å². The zero-order valence-corrected chi connectivity index (χ0v) is 19.2. The Morgan fingerprint density at radius 1 is 0.906 bits per heavy atom. The lowest BCUT2D eigenvalue weighted by molar-refractivity contribution is -0.140. The van der Waals surface area contributed by atoms with Gasteiger partial charge in [-0.1, -0.05) is 60.1 Å². The van der Waals surface area contributed by atoms with E-state index in [2.05, 4.69) is 0 Å². The Bertz CT molecular complexity index is 1460. The number of benzene rings is 4. The van der Waals surface area contributed by atoms with E-state index in [1.165, 1.54) is 16.1 Å². The molecule has 162 valence electrons. The number of nitrogens with zero attached hydrogens (tertiary/aromatic N) is 1. The van der Waals surface area contributed by atoms with Crippen LogP contribution >= 0.6 is 23.4 Å². The Balaban J connectivity index is 1.24. The second-order valence-corrected chi connectivity index (χ2v) is 10.6. The van der Waals surface area contributed by atoms with Crippen LogP contribution in [-0.4, -0.2) is 33.3 Å². The summed E-state index contributed by atoms with van der Waals surface area (Å²) >= 11 is 7.69. The number of halogens is 1. The summed E-state index contributed by atoms with van der Waals surface area (Å²) in [4.78, 5) is 13.5. The zero-order chi connectivity index (χ0) is 22.3. The van der Waals surface area contributed by atoms with Crippen molar-refractivity contribution in [1.29, 1.82) is 0 Å². The van der Waals surface area contributed by atoms with Crippen molar-refractivity contribution in [2.24, 2.45) is 0 Å². The van der Waals surface area contributed by atoms with Crippen molar-refractivity contribution in [3.63, 3.8) is 0 Å². The molecule has 1 heterocycles. The van der Waals surface area contributed by atoms with Crippen LogP contribution in [0.25, 0.3) is 21.5 Å². The summed E-state index contributed by atoms with van der Waals surface area (Å²) in [6, 6.07) is 22.2. The van der Waals surface area contributed by atoms with Crippen LogP contribution in [0.4, 0.5) is 5.69 Å². The van der Waals surface area contributed by atoms with Gasteiger partial charge in [0.25, 0.3) is 10.0 Å². The van der Waals surface area contributed by atoms with Gasteiger partial charge in [-0.05, 0) is 35.0 Å². The van der Waals surface area contributed by atoms with E-state index in [1.807, 2.05) is 54.6 Å². The maximum Gasteiger partial charge on any atom is 0.316 e. The zero-order valence-electron chi connectivity index (χ0n) is 16.8. The minimum atomic E-state index is -3.66. The molecule has 0 amide bonds. The molecule has 0 atom stereocenters. The molecule has 0 N–H and O–H groups in total. The van der Waals surface area contributed by atoms with Gasteiger partial charge in [-0.15, -0.1) is 11.8 Å². The molecule has 4 aromatic carbocycles. The first-order chi connectivity index (χ1) is 15.5. The van der Waals surface area contributed by atoms with E-state index >= 15 is 0 Å². The molecule has 32 heavy (non-hydrogen) atoms. The van der Waals surface area contributed by atoms with Crippen LogP contribution < -0.4 is 4.31 Å². The molecule has 0 aromatic heterocycles. The maximum absolute atomic E-state index is 13.0. The minimum Gasteiger partial charge on any atom is -0.463 e. The van der Waals surface area contributed by atoms with Gasteiger partial charge in [0, 0.05) is 20.7 Å². The molecule has 1 aliphatic rings. The highest BCUT2D eigenvalue weighted by Crippen LogP contribution is 2.41. The molecule has 0 spiro atoms. The van der Waals surface area contributed by atoms with Crippen molar-refractivity contribution in [2.75, 3.05) is 23.2 Å². The van der Waals surface area contributed by atoms with E-state index in [0.717, 1.165) is 21.1 Å². The quantitative estimate of drug-likeness (QED) is 0.268. The van der Waals surface area contributed by atoms with Crippen molar-refractivity contribution in [1.82, 2.24) is 0 Å². The summed E-state index contributed by atoms with van der Waals surface area (Å²) in [5.41, 5.74) is 0.619. The highest BCUT2D eigenvalue weighted by atomic mass is 35.5. The van der Waals surface area contributed by atoms with E-state index in [1.54, 1.807) is 18.2 Å². The molecule has 8 heteroatoms. The summed E-state index contributed by atoms with van der Waals surface area (Å²) < 4.78 is 32.6. The van der Waals surface area contributed by atoms with Crippen molar-refractivity contribution >= 4 is 66.6 Å². The Morgan fingerprint density at radius 3 is 2.34 bits per heavy atom. The topological polar surface area (TPSA) is 63.7 Å². The van der Waals surface area contributed by atoms with Gasteiger partial charge >= 0.3 is 5.97 Å². The summed E-state index contributed by atoms with van der Waals surface area (Å²) in [7, 11) is -3.66. The molecular formula is C24H18ClNO4S2. The number of hydrogen-bond donors (Lipinski definition) is 0. The van der Waals surface area contributed by atoms with E-state index in [-0.39, 0.29) is 18.9 Å². The van der Waals surface area contributed by atoms with Crippen LogP contribution in [0.5, 0.6) is 0 Å². The second-order valence-electron chi connectivity index (χ2n) is 7.31. The lowest BCUT2D eigenvalue weighted by Crippen LogP contribution is -2.31. The van der Waals surface area contributed by atoms with Crippen molar-refractivity contribution in [2.45, 2.75) is 9.79 Å². The minimum absolute atomic E-state index is 0.0285. The fourth-order valence-electron chi connectivity index (χ4n) is 4.00. The number of sulfonamides is 1. The largest absolute Gasteiger partial charge is 0.463 e. The third-order valence-corrected chi connectivity index (χ3v) is 8.60. The summed E-state index contributed by atoms with van der Waals surface area (Å²) in [6.45, 7) is 0.0337. The van der Waals surface area contributed by atoms with Crippen LogP contribution in [-0.2, 0) is 19.6 Å². The van der Waals surface area contributed by atoms with Crippen LogP contribution in [0.3, 0.4) is 0 Å². The van der Waals surface area contributed by atoms with Gasteiger partial charge in [-0.25, -0.2) is 8.42 Å². The lowest BCUT2D eigenvalue weighted by Gasteiger charge is -2.18. The van der Waals surface area contributed by atoms with Gasteiger partial charge in [0.05, 0.1) is 22.9 Å². The normalized spacial score (nSPS) is 14.2. The Kier molecular flexibility index (Phi) is 5.49. The highest BCUT2D eigenvalue weighted by Gasteiger charge is 2.35. The first-order valence-electron chi connectivity index (χ1n) is 9.97. The third-order valence-electron chi connectivity index (χ3n) is 5.40. The standard InChI is InChI=1S/C24H18ClNO4S2/c25-18-9-1-5-16-7-3-11-20(23(16)18)31-15-22(27)30-14-13-26-19-10-2-6-17-8-4-12-21(24(17)19)32(26,28)29/h1-12H,13-15H2. The number of esters is 1. The number of fused-ring (bicyclic) bond motifs is 1. The fourth-order valence-corrected chi connectivity index (χ4v) is 6.94. The average molecular weight is 484 g/mol. The Hall–Kier alpha value is -2.74. The number of carbonyl (C=O) groups is 1. The third kappa shape index (κ3) is 3.60. The highest BCUT2D eigenvalue weighted by molar-refractivity contribution is 8.00. The van der Waals surface area contributed by atoms with Gasteiger partial charge in [0.1, 0.15) is 6.61 Å². The molecule has 0 saturated carbocycles. The first-order valence-corrected chi connectivity index (χ1v) is 12.8. The number of anilines is 1. The number of thioether (sulfide) groups is 1. The number of rotatable bonds is 6. The number of hydrogen-bond acceptors (Lipinski definition) is 5. The summed E-state index contributed by atoms with van der Waals surface area (Å²) in [5, 5.41) is 4.12. The summed E-state index contributed by atoms with van der Waals surface area (Å²) in [6.07, 6.45) is 0. The SMILES string of the molecule is O=C(CSc1cccc2cccc(Cl)c12)OCCN1c2cccc3cccc(c23)S1(=O)=O. The van der Waals surface area contributed by atoms with Crippen LogP contribution in [0.1, 0.15) is 0 Å². The van der Waals surface area contributed by atoms with E-state index < -0.39 is 16.0 Å². The molecule has 0 fully saturated rings. The molecule has 5 nitrogen and oxygen atoms in total. The fraction of sp³-hybridized carbons (Fsp3) is 0.125. The van der Waals surface area contributed by atoms with Crippen LogP contribution in [0.15, 0.2) is 82.6 Å². The average Bonchev–Trinajstić information content (AvgIpc) is 3.01. The van der Waals surface area contributed by atoms with E-state index in [0.29, 0.717) is 21.0 Å². The van der Waals surface area contributed by atoms with Gasteiger partial charge in [0.15, 0.2) is 0 Å². The van der Waals surface area contributed by atoms with Crippen molar-refractivity contribution in [3.05, 3.63) is 77.8 Å². The van der Waals surface area contributed by atoms with Gasteiger partial charge in [-0.2, -0.15) is 0 Å². The van der Waals surface area contributed by atoms with Crippen LogP contribution in [0, 0.1) is 0 Å². The molecule has 0 radical (unpaired) electrons. The second kappa shape index (κ2) is 8.31. The molecule has 0 aliphatic carbocycles. The summed E-state index contributed by atoms with van der Waals surface area (Å²) in [5.74, 6) is -0.307. The number of ether oxygens (including phenoxy) is 1. The lowest BCUT2D eigenvalue weighted by atomic mass is 10.1. The van der Waals surface area contributed by atoms with E-state index in [9.17, 15) is 13.2 Å². The number of carbonyl (C=O) groups excluding carboxylic acids is 1.